The van der Waals surface area contributed by atoms with E-state index in [1.807, 2.05) is 6.07 Å². The van der Waals surface area contributed by atoms with E-state index in [1.54, 1.807) is 7.11 Å². The molecule has 1 atom stereocenters. The predicted octanol–water partition coefficient (Wildman–Crippen LogP) is 4.83. The van der Waals surface area contributed by atoms with Gasteiger partial charge in [-0.2, -0.15) is 0 Å². The van der Waals surface area contributed by atoms with Crippen LogP contribution in [0.1, 0.15) is 43.7 Å². The van der Waals surface area contributed by atoms with Crippen LogP contribution in [0.3, 0.4) is 0 Å². The summed E-state index contributed by atoms with van der Waals surface area (Å²) in [4.78, 5) is 2.69. The van der Waals surface area contributed by atoms with Crippen molar-refractivity contribution in [2.45, 2.75) is 38.1 Å². The standard InChI is InChI=1S/C18H27BrN2O.2ClH/c1-22-15-7-8-17(19)16(13-15)18(14-5-3-2-4-6-14)21-11-9-20-10-12-21;;/h7-8,13-14,18,20H,2-6,9-12H2,1H3;2*1H/t18-;;/m0../s1. The van der Waals surface area contributed by atoms with Crippen LogP contribution in [0.5, 0.6) is 5.75 Å². The molecule has 6 heteroatoms. The first-order valence-electron chi connectivity index (χ1n) is 8.58. The van der Waals surface area contributed by atoms with Crippen LogP contribution < -0.4 is 10.1 Å². The van der Waals surface area contributed by atoms with Gasteiger partial charge in [0, 0.05) is 36.7 Å². The molecule has 1 saturated carbocycles. The summed E-state index contributed by atoms with van der Waals surface area (Å²) in [6.07, 6.45) is 6.89. The summed E-state index contributed by atoms with van der Waals surface area (Å²) in [5.41, 5.74) is 1.41. The number of methoxy groups -OCH3 is 1. The van der Waals surface area contributed by atoms with Crippen LogP contribution in [0.2, 0.25) is 0 Å². The number of ether oxygens (including phenoxy) is 1. The molecule has 1 aromatic rings. The number of hydrogen-bond acceptors (Lipinski definition) is 3. The molecule has 3 nitrogen and oxygen atoms in total. The summed E-state index contributed by atoms with van der Waals surface area (Å²) < 4.78 is 6.71. The molecule has 3 rings (SSSR count). The third kappa shape index (κ3) is 5.25. The van der Waals surface area contributed by atoms with Gasteiger partial charge in [-0.25, -0.2) is 0 Å². The number of rotatable bonds is 4. The zero-order valence-corrected chi connectivity index (χ0v) is 17.5. The lowest BCUT2D eigenvalue weighted by Crippen LogP contribution is -2.47. The molecule has 1 N–H and O–H groups in total. The summed E-state index contributed by atoms with van der Waals surface area (Å²) in [5, 5.41) is 3.48. The summed E-state index contributed by atoms with van der Waals surface area (Å²) in [6.45, 7) is 4.49. The fraction of sp³-hybridized carbons (Fsp3) is 0.667. The van der Waals surface area contributed by atoms with E-state index in [0.717, 1.165) is 37.8 Å². The Morgan fingerprint density at radius 2 is 1.79 bits per heavy atom. The zero-order chi connectivity index (χ0) is 15.4. The quantitative estimate of drug-likeness (QED) is 0.727. The third-order valence-electron chi connectivity index (χ3n) is 5.16. The Morgan fingerprint density at radius 1 is 1.12 bits per heavy atom. The zero-order valence-electron chi connectivity index (χ0n) is 14.3. The predicted molar refractivity (Wildman–Crippen MR) is 109 cm³/mol. The van der Waals surface area contributed by atoms with E-state index in [2.05, 4.69) is 38.3 Å². The van der Waals surface area contributed by atoms with E-state index >= 15 is 0 Å². The molecule has 2 fully saturated rings. The van der Waals surface area contributed by atoms with Crippen molar-refractivity contribution >= 4 is 40.7 Å². The fourth-order valence-corrected chi connectivity index (χ4v) is 4.52. The minimum absolute atomic E-state index is 0. The van der Waals surface area contributed by atoms with E-state index in [1.165, 1.54) is 42.1 Å². The number of nitrogens with zero attached hydrogens (tertiary/aromatic N) is 1. The van der Waals surface area contributed by atoms with Crippen LogP contribution in [0, 0.1) is 5.92 Å². The molecule has 0 spiro atoms. The Hall–Kier alpha value is -0.000000000000000111. The van der Waals surface area contributed by atoms with Gasteiger partial charge in [0.1, 0.15) is 5.75 Å². The number of hydrogen-bond donors (Lipinski definition) is 1. The minimum Gasteiger partial charge on any atom is -0.497 e. The van der Waals surface area contributed by atoms with Crippen molar-refractivity contribution in [2.24, 2.45) is 5.92 Å². The summed E-state index contributed by atoms with van der Waals surface area (Å²) in [6, 6.07) is 6.95. The van der Waals surface area contributed by atoms with Crippen molar-refractivity contribution in [1.82, 2.24) is 10.2 Å². The van der Waals surface area contributed by atoms with E-state index in [9.17, 15) is 0 Å². The van der Waals surface area contributed by atoms with Gasteiger partial charge in [-0.1, -0.05) is 35.2 Å². The van der Waals surface area contributed by atoms with Gasteiger partial charge in [-0.05, 0) is 42.5 Å². The van der Waals surface area contributed by atoms with Crippen molar-refractivity contribution in [2.75, 3.05) is 33.3 Å². The summed E-state index contributed by atoms with van der Waals surface area (Å²) in [5.74, 6) is 1.74. The maximum absolute atomic E-state index is 5.48. The molecule has 1 aliphatic heterocycles. The van der Waals surface area contributed by atoms with Crippen LogP contribution in [0.25, 0.3) is 0 Å². The monoisotopic (exact) mass is 438 g/mol. The number of halogens is 3. The van der Waals surface area contributed by atoms with Gasteiger partial charge in [-0.15, -0.1) is 24.8 Å². The second-order valence-corrected chi connectivity index (χ2v) is 7.37. The Kier molecular flexibility index (Phi) is 9.98. The number of piperazine rings is 1. The van der Waals surface area contributed by atoms with E-state index < -0.39 is 0 Å². The molecule has 0 aromatic heterocycles. The summed E-state index contributed by atoms with van der Waals surface area (Å²) >= 11 is 3.80. The highest BCUT2D eigenvalue weighted by molar-refractivity contribution is 9.10. The maximum Gasteiger partial charge on any atom is 0.119 e. The lowest BCUT2D eigenvalue weighted by Gasteiger charge is -2.41. The van der Waals surface area contributed by atoms with Gasteiger partial charge in [-0.3, -0.25) is 4.90 Å². The van der Waals surface area contributed by atoms with E-state index in [0.29, 0.717) is 6.04 Å². The molecule has 2 aliphatic rings. The number of nitrogens with one attached hydrogen (secondary N) is 1. The second-order valence-electron chi connectivity index (χ2n) is 6.52. The van der Waals surface area contributed by atoms with Gasteiger partial charge < -0.3 is 10.1 Å². The van der Waals surface area contributed by atoms with Crippen LogP contribution >= 0.6 is 40.7 Å². The number of benzene rings is 1. The maximum atomic E-state index is 5.48. The normalized spacial score (nSPS) is 20.6. The Morgan fingerprint density at radius 3 is 2.42 bits per heavy atom. The highest BCUT2D eigenvalue weighted by Crippen LogP contribution is 2.42. The SMILES string of the molecule is COc1ccc(Br)c([C@H](C2CCCCC2)N2CCNCC2)c1.Cl.Cl. The van der Waals surface area contributed by atoms with Crippen LogP contribution in [-0.2, 0) is 0 Å². The summed E-state index contributed by atoms with van der Waals surface area (Å²) in [7, 11) is 1.76. The molecule has 0 bridgehead atoms. The van der Waals surface area contributed by atoms with Crippen molar-refractivity contribution in [1.29, 1.82) is 0 Å². The van der Waals surface area contributed by atoms with Crippen molar-refractivity contribution in [3.05, 3.63) is 28.2 Å². The molecular formula is C18H29BrCl2N2O. The van der Waals surface area contributed by atoms with Crippen LogP contribution in [0.15, 0.2) is 22.7 Å². The average Bonchev–Trinajstić information content (AvgIpc) is 2.59. The third-order valence-corrected chi connectivity index (χ3v) is 5.89. The first kappa shape index (κ1) is 22.0. The van der Waals surface area contributed by atoms with E-state index in [4.69, 9.17) is 4.74 Å². The van der Waals surface area contributed by atoms with Gasteiger partial charge in [0.2, 0.25) is 0 Å². The molecule has 1 aromatic carbocycles. The largest absolute Gasteiger partial charge is 0.497 e. The molecular weight excluding hydrogens is 411 g/mol. The molecule has 1 heterocycles. The molecule has 138 valence electrons. The average molecular weight is 440 g/mol. The van der Waals surface area contributed by atoms with Crippen molar-refractivity contribution in [3.63, 3.8) is 0 Å². The van der Waals surface area contributed by atoms with E-state index in [-0.39, 0.29) is 24.8 Å². The Labute approximate surface area is 166 Å². The molecule has 1 saturated heterocycles. The van der Waals surface area contributed by atoms with Crippen LogP contribution in [-0.4, -0.2) is 38.2 Å². The first-order chi connectivity index (χ1) is 10.8. The topological polar surface area (TPSA) is 24.5 Å². The van der Waals surface area contributed by atoms with Gasteiger partial charge in [0.15, 0.2) is 0 Å². The first-order valence-corrected chi connectivity index (χ1v) is 9.37. The van der Waals surface area contributed by atoms with Gasteiger partial charge in [0.25, 0.3) is 0 Å². The van der Waals surface area contributed by atoms with Gasteiger partial charge >= 0.3 is 0 Å². The van der Waals surface area contributed by atoms with Gasteiger partial charge in [0.05, 0.1) is 7.11 Å². The molecule has 0 radical (unpaired) electrons. The van der Waals surface area contributed by atoms with Crippen molar-refractivity contribution in [3.8, 4) is 5.75 Å². The molecule has 0 amide bonds. The molecule has 0 unspecified atom stereocenters. The Bertz CT molecular complexity index is 474. The highest BCUT2D eigenvalue weighted by atomic mass is 79.9. The molecule has 1 aliphatic carbocycles. The van der Waals surface area contributed by atoms with Crippen molar-refractivity contribution < 1.29 is 4.74 Å². The minimum atomic E-state index is 0. The lowest BCUT2D eigenvalue weighted by atomic mass is 9.80. The smallest absolute Gasteiger partial charge is 0.119 e. The highest BCUT2D eigenvalue weighted by Gasteiger charge is 2.32. The fourth-order valence-electron chi connectivity index (χ4n) is 4.03. The second kappa shape index (κ2) is 10.9. The molecule has 24 heavy (non-hydrogen) atoms. The lowest BCUT2D eigenvalue weighted by molar-refractivity contribution is 0.103. The Balaban J connectivity index is 0.00000144. The van der Waals surface area contributed by atoms with Crippen LogP contribution in [0.4, 0.5) is 0 Å².